The van der Waals surface area contributed by atoms with E-state index in [1.807, 2.05) is 0 Å². The van der Waals surface area contributed by atoms with Crippen molar-refractivity contribution in [1.29, 1.82) is 0 Å². The smallest absolute Gasteiger partial charge is 0.265 e. The summed E-state index contributed by atoms with van der Waals surface area (Å²) in [7, 11) is -5.21. The van der Waals surface area contributed by atoms with Crippen molar-refractivity contribution in [2.75, 3.05) is 29.8 Å². The van der Waals surface area contributed by atoms with Gasteiger partial charge in [-0.2, -0.15) is 0 Å². The molecular weight excluding hydrogens is 483 g/mol. The number of fused-ring (bicyclic) bond motifs is 1. The van der Waals surface area contributed by atoms with Crippen molar-refractivity contribution in [1.82, 2.24) is 0 Å². The van der Waals surface area contributed by atoms with Crippen LogP contribution in [0, 0.1) is 5.82 Å². The molecule has 34 heavy (non-hydrogen) atoms. The molecule has 8 nitrogen and oxygen atoms in total. The first-order chi connectivity index (χ1) is 16.2. The van der Waals surface area contributed by atoms with Gasteiger partial charge in [0, 0.05) is 12.6 Å². The molecule has 1 N–H and O–H groups in total. The molecule has 1 heterocycles. The maximum absolute atomic E-state index is 13.3. The highest BCUT2D eigenvalue weighted by Crippen LogP contribution is 2.36. The molecule has 0 fully saturated rings. The lowest BCUT2D eigenvalue weighted by molar-refractivity contribution is 0.386. The fourth-order valence-corrected chi connectivity index (χ4v) is 6.53. The first-order valence-electron chi connectivity index (χ1n) is 10.3. The van der Waals surface area contributed by atoms with E-state index in [0.29, 0.717) is 24.3 Å². The Hall–Kier alpha value is -3.31. The van der Waals surface area contributed by atoms with Crippen LogP contribution in [0.1, 0.15) is 12.0 Å². The number of rotatable bonds is 7. The molecule has 1 aliphatic rings. The van der Waals surface area contributed by atoms with E-state index in [2.05, 4.69) is 4.72 Å². The molecule has 0 atom stereocenters. The van der Waals surface area contributed by atoms with E-state index < -0.39 is 25.9 Å². The van der Waals surface area contributed by atoms with Crippen LogP contribution in [-0.4, -0.2) is 37.6 Å². The van der Waals surface area contributed by atoms with Crippen molar-refractivity contribution >= 4 is 31.4 Å². The van der Waals surface area contributed by atoms with Gasteiger partial charge in [0.25, 0.3) is 20.0 Å². The minimum absolute atomic E-state index is 0.0456. The molecule has 0 amide bonds. The van der Waals surface area contributed by atoms with Crippen LogP contribution >= 0.6 is 0 Å². The molecule has 180 valence electrons. The zero-order valence-electron chi connectivity index (χ0n) is 18.5. The lowest BCUT2D eigenvalue weighted by Gasteiger charge is -2.31. The Morgan fingerprint density at radius 2 is 1.65 bits per heavy atom. The zero-order valence-corrected chi connectivity index (χ0v) is 20.1. The molecule has 3 aromatic rings. The SMILES string of the molecule is COc1ccc(S(=O)(=O)Nc2ccc3c(c2)N(S(=O)(=O)c2ccc(F)cc2)CCC3)c(OC)c1. The van der Waals surface area contributed by atoms with Crippen molar-refractivity contribution in [3.8, 4) is 11.5 Å². The van der Waals surface area contributed by atoms with Gasteiger partial charge < -0.3 is 9.47 Å². The van der Waals surface area contributed by atoms with Gasteiger partial charge in [0.1, 0.15) is 22.2 Å². The summed E-state index contributed by atoms with van der Waals surface area (Å²) in [6, 6.07) is 13.7. The number of benzene rings is 3. The summed E-state index contributed by atoms with van der Waals surface area (Å²) in [5, 5.41) is 0. The summed E-state index contributed by atoms with van der Waals surface area (Å²) < 4.78 is 80.0. The summed E-state index contributed by atoms with van der Waals surface area (Å²) >= 11 is 0. The van der Waals surface area contributed by atoms with Crippen LogP contribution in [0.15, 0.2) is 70.5 Å². The molecule has 0 aromatic heterocycles. The summed E-state index contributed by atoms with van der Waals surface area (Å²) in [4.78, 5) is -0.139. The monoisotopic (exact) mass is 506 g/mol. The fourth-order valence-electron chi connectivity index (χ4n) is 3.79. The second-order valence-electron chi connectivity index (χ2n) is 7.60. The number of aryl methyl sites for hydroxylation is 1. The van der Waals surface area contributed by atoms with Crippen LogP contribution < -0.4 is 18.5 Å². The largest absolute Gasteiger partial charge is 0.497 e. The van der Waals surface area contributed by atoms with Crippen molar-refractivity contribution in [3.05, 3.63) is 72.0 Å². The van der Waals surface area contributed by atoms with Gasteiger partial charge in [0.2, 0.25) is 0 Å². The average Bonchev–Trinajstić information content (AvgIpc) is 2.83. The molecule has 0 bridgehead atoms. The van der Waals surface area contributed by atoms with E-state index in [0.717, 1.165) is 17.7 Å². The number of ether oxygens (including phenoxy) is 2. The summed E-state index contributed by atoms with van der Waals surface area (Å²) in [5.41, 5.74) is 1.33. The van der Waals surface area contributed by atoms with E-state index in [9.17, 15) is 21.2 Å². The van der Waals surface area contributed by atoms with Gasteiger partial charge in [-0.25, -0.2) is 21.2 Å². The van der Waals surface area contributed by atoms with Gasteiger partial charge in [-0.05, 0) is 66.9 Å². The van der Waals surface area contributed by atoms with E-state index in [4.69, 9.17) is 9.47 Å². The molecule has 0 unspecified atom stereocenters. The van der Waals surface area contributed by atoms with Crippen molar-refractivity contribution in [3.63, 3.8) is 0 Å². The van der Waals surface area contributed by atoms with E-state index in [-0.39, 0.29) is 27.8 Å². The van der Waals surface area contributed by atoms with Crippen LogP contribution in [0.3, 0.4) is 0 Å². The van der Waals surface area contributed by atoms with Gasteiger partial charge in [-0.15, -0.1) is 0 Å². The van der Waals surface area contributed by atoms with Crippen LogP contribution in [0.2, 0.25) is 0 Å². The standard InChI is InChI=1S/C23H23FN2O6S2/c1-31-19-9-12-23(22(15-19)32-2)33(27,28)25-18-8-5-16-4-3-13-26(21(16)14-18)34(29,30)20-10-6-17(24)7-11-20/h5-12,14-15,25H,3-4,13H2,1-2H3. The number of nitrogens with zero attached hydrogens (tertiary/aromatic N) is 1. The lowest BCUT2D eigenvalue weighted by Crippen LogP contribution is -2.35. The Balaban J connectivity index is 1.70. The molecule has 0 aliphatic carbocycles. The predicted molar refractivity (Wildman–Crippen MR) is 126 cm³/mol. The minimum Gasteiger partial charge on any atom is -0.497 e. The molecule has 11 heteroatoms. The Bertz CT molecular complexity index is 1420. The van der Waals surface area contributed by atoms with Crippen LogP contribution in [0.25, 0.3) is 0 Å². The molecule has 4 rings (SSSR count). The van der Waals surface area contributed by atoms with Crippen LogP contribution in [0.4, 0.5) is 15.8 Å². The molecule has 0 saturated heterocycles. The third-order valence-corrected chi connectivity index (χ3v) is 8.72. The highest BCUT2D eigenvalue weighted by molar-refractivity contribution is 7.93. The van der Waals surface area contributed by atoms with E-state index in [1.54, 1.807) is 12.1 Å². The maximum Gasteiger partial charge on any atom is 0.265 e. The van der Waals surface area contributed by atoms with Crippen LogP contribution in [0.5, 0.6) is 11.5 Å². The molecular formula is C23H23FN2O6S2. The fraction of sp³-hybridized carbons (Fsp3) is 0.217. The lowest BCUT2D eigenvalue weighted by atomic mass is 10.0. The highest BCUT2D eigenvalue weighted by atomic mass is 32.2. The van der Waals surface area contributed by atoms with E-state index in [1.165, 1.54) is 54.9 Å². The zero-order chi connectivity index (χ0) is 24.5. The quantitative estimate of drug-likeness (QED) is 0.523. The first-order valence-corrected chi connectivity index (χ1v) is 13.2. The van der Waals surface area contributed by atoms with Gasteiger partial charge >= 0.3 is 0 Å². The first kappa shape index (κ1) is 23.8. The van der Waals surface area contributed by atoms with Gasteiger partial charge in [0.15, 0.2) is 0 Å². The van der Waals surface area contributed by atoms with Crippen molar-refractivity contribution in [2.24, 2.45) is 0 Å². The topological polar surface area (TPSA) is 102 Å². The molecule has 0 spiro atoms. The van der Waals surface area contributed by atoms with E-state index >= 15 is 0 Å². The third kappa shape index (κ3) is 4.53. The molecule has 1 aliphatic heterocycles. The Kier molecular flexibility index (Phi) is 6.41. The molecule has 0 saturated carbocycles. The van der Waals surface area contributed by atoms with Crippen LogP contribution in [-0.2, 0) is 26.5 Å². The highest BCUT2D eigenvalue weighted by Gasteiger charge is 2.30. The number of hydrogen-bond acceptors (Lipinski definition) is 6. The normalized spacial score (nSPS) is 13.8. The third-order valence-electron chi connectivity index (χ3n) is 5.48. The predicted octanol–water partition coefficient (Wildman–Crippen LogP) is 3.79. The number of halogens is 1. The van der Waals surface area contributed by atoms with Crippen molar-refractivity contribution < 1.29 is 30.7 Å². The van der Waals surface area contributed by atoms with Crippen molar-refractivity contribution in [2.45, 2.75) is 22.6 Å². The average molecular weight is 507 g/mol. The number of anilines is 2. The second kappa shape index (κ2) is 9.15. The van der Waals surface area contributed by atoms with Gasteiger partial charge in [-0.1, -0.05) is 6.07 Å². The summed E-state index contributed by atoms with van der Waals surface area (Å²) in [6.45, 7) is 0.217. The summed E-state index contributed by atoms with van der Waals surface area (Å²) in [6.07, 6.45) is 1.24. The number of hydrogen-bond donors (Lipinski definition) is 1. The van der Waals surface area contributed by atoms with Gasteiger partial charge in [0.05, 0.1) is 30.5 Å². The number of sulfonamides is 2. The number of nitrogens with one attached hydrogen (secondary N) is 1. The Morgan fingerprint density at radius 1 is 0.912 bits per heavy atom. The maximum atomic E-state index is 13.3. The van der Waals surface area contributed by atoms with Gasteiger partial charge in [-0.3, -0.25) is 9.03 Å². The minimum atomic E-state index is -4.06. The summed E-state index contributed by atoms with van der Waals surface area (Å²) in [5.74, 6) is 0.000179. The molecule has 0 radical (unpaired) electrons. The molecule has 3 aromatic carbocycles. The Labute approximate surface area is 198 Å². The Morgan fingerprint density at radius 3 is 2.32 bits per heavy atom. The number of methoxy groups -OCH3 is 2. The second-order valence-corrected chi connectivity index (χ2v) is 11.1.